The van der Waals surface area contributed by atoms with Crippen molar-refractivity contribution in [3.8, 4) is 0 Å². The lowest BCUT2D eigenvalue weighted by atomic mass is 9.83. The third-order valence-corrected chi connectivity index (χ3v) is 4.96. The first-order valence-corrected chi connectivity index (χ1v) is 7.38. The van der Waals surface area contributed by atoms with Crippen LogP contribution in [0.1, 0.15) is 61.4 Å². The quantitative estimate of drug-likeness (QED) is 0.568. The van der Waals surface area contributed by atoms with Crippen LogP contribution in [0, 0.1) is 5.82 Å². The van der Waals surface area contributed by atoms with Crippen LogP contribution in [0.25, 0.3) is 0 Å². The van der Waals surface area contributed by atoms with Crippen molar-refractivity contribution in [2.75, 3.05) is 0 Å². The van der Waals surface area contributed by atoms with Crippen LogP contribution in [0.5, 0.6) is 0 Å². The smallest absolute Gasteiger partial charge is 0.162 e. The molecule has 1 fully saturated rings. The normalized spacial score (nSPS) is 18.6. The molecule has 98 valence electrons. The van der Waals surface area contributed by atoms with Crippen LogP contribution in [0.2, 0.25) is 0 Å². The predicted molar refractivity (Wildman–Crippen MR) is 74.7 cm³/mol. The van der Waals surface area contributed by atoms with Crippen LogP contribution in [-0.2, 0) is 4.32 Å². The average Bonchev–Trinajstić information content (AvgIpc) is 2.38. The second-order valence-corrected chi connectivity index (χ2v) is 6.52. The van der Waals surface area contributed by atoms with Gasteiger partial charge in [0.1, 0.15) is 5.82 Å². The van der Waals surface area contributed by atoms with Crippen molar-refractivity contribution in [2.45, 2.75) is 49.8 Å². The topological polar surface area (TPSA) is 17.1 Å². The predicted octanol–water partition coefficient (Wildman–Crippen LogP) is 4.97. The number of hydrogen-bond donors (Lipinski definition) is 0. The molecule has 1 aromatic rings. The Morgan fingerprint density at radius 2 is 2.00 bits per heavy atom. The Bertz CT molecular complexity index is 450. The Hall–Kier alpha value is -0.700. The number of Topliss-reactive ketones (excluding diaryl/α,β-unsaturated/α-hetero) is 1. The van der Waals surface area contributed by atoms with Crippen molar-refractivity contribution in [3.63, 3.8) is 0 Å². The molecule has 0 amide bonds. The number of hydrogen-bond acceptors (Lipinski definition) is 1. The molecular formula is C15H18BrFO. The zero-order valence-corrected chi connectivity index (χ0v) is 12.2. The molecule has 0 bridgehead atoms. The van der Waals surface area contributed by atoms with Gasteiger partial charge < -0.3 is 0 Å². The van der Waals surface area contributed by atoms with Gasteiger partial charge in [-0.25, -0.2) is 4.39 Å². The minimum atomic E-state index is -0.256. The summed E-state index contributed by atoms with van der Waals surface area (Å²) in [5.41, 5.74) is 1.18. The van der Waals surface area contributed by atoms with Crippen molar-refractivity contribution >= 4 is 21.7 Å². The number of carbonyl (C=O) groups excluding carboxylic acids is 1. The lowest BCUT2D eigenvalue weighted by Crippen LogP contribution is -2.23. The standard InChI is InChI=1S/C15H18BrFO/c1-2-14(18)11-6-7-12(13(17)10-11)15(16)8-4-3-5-9-15/h6-7,10H,2-5,8-9H2,1H3. The van der Waals surface area contributed by atoms with E-state index >= 15 is 0 Å². The van der Waals surface area contributed by atoms with Crippen LogP contribution >= 0.6 is 15.9 Å². The lowest BCUT2D eigenvalue weighted by Gasteiger charge is -2.32. The molecule has 1 nitrogen and oxygen atoms in total. The molecule has 0 atom stereocenters. The molecule has 0 spiro atoms. The van der Waals surface area contributed by atoms with Crippen molar-refractivity contribution in [1.29, 1.82) is 0 Å². The highest BCUT2D eigenvalue weighted by Gasteiger charge is 2.33. The van der Waals surface area contributed by atoms with Gasteiger partial charge in [-0.2, -0.15) is 0 Å². The lowest BCUT2D eigenvalue weighted by molar-refractivity contribution is 0.0987. The highest BCUT2D eigenvalue weighted by Crippen LogP contribution is 2.45. The fourth-order valence-corrected chi connectivity index (χ4v) is 3.52. The molecule has 0 aromatic heterocycles. The largest absolute Gasteiger partial charge is 0.294 e. The van der Waals surface area contributed by atoms with E-state index in [1.54, 1.807) is 19.1 Å². The summed E-state index contributed by atoms with van der Waals surface area (Å²) in [5, 5.41) is 0. The molecule has 0 N–H and O–H groups in total. The first-order chi connectivity index (χ1) is 8.57. The Kier molecular flexibility index (Phi) is 4.21. The molecule has 1 saturated carbocycles. The first kappa shape index (κ1) is 13.7. The van der Waals surface area contributed by atoms with Crippen LogP contribution in [-0.4, -0.2) is 5.78 Å². The van der Waals surface area contributed by atoms with Gasteiger partial charge in [0.15, 0.2) is 5.78 Å². The van der Waals surface area contributed by atoms with E-state index in [1.165, 1.54) is 12.5 Å². The van der Waals surface area contributed by atoms with E-state index < -0.39 is 0 Å². The van der Waals surface area contributed by atoms with Crippen molar-refractivity contribution in [3.05, 3.63) is 35.1 Å². The van der Waals surface area contributed by atoms with E-state index in [0.717, 1.165) is 25.7 Å². The summed E-state index contributed by atoms with van der Waals surface area (Å²) in [7, 11) is 0. The number of benzene rings is 1. The molecule has 3 heteroatoms. The molecule has 18 heavy (non-hydrogen) atoms. The molecule has 2 rings (SSSR count). The van der Waals surface area contributed by atoms with E-state index in [4.69, 9.17) is 0 Å². The average molecular weight is 313 g/mol. The Morgan fingerprint density at radius 1 is 1.33 bits per heavy atom. The van der Waals surface area contributed by atoms with Crippen molar-refractivity contribution in [1.82, 2.24) is 0 Å². The molecule has 0 aliphatic heterocycles. The van der Waals surface area contributed by atoms with Gasteiger partial charge >= 0.3 is 0 Å². The molecular weight excluding hydrogens is 295 g/mol. The first-order valence-electron chi connectivity index (χ1n) is 6.59. The minimum absolute atomic E-state index is 0.00674. The van der Waals surface area contributed by atoms with Gasteiger partial charge in [-0.05, 0) is 18.9 Å². The second kappa shape index (κ2) is 5.52. The number of carbonyl (C=O) groups is 1. The number of halogens is 2. The Balaban J connectivity index is 2.32. The summed E-state index contributed by atoms with van der Waals surface area (Å²) in [6.07, 6.45) is 5.82. The summed E-state index contributed by atoms with van der Waals surface area (Å²) in [4.78, 5) is 11.6. The highest BCUT2D eigenvalue weighted by molar-refractivity contribution is 9.09. The fourth-order valence-electron chi connectivity index (χ4n) is 2.64. The van der Waals surface area contributed by atoms with Crippen LogP contribution in [0.15, 0.2) is 18.2 Å². The second-order valence-electron chi connectivity index (χ2n) is 5.00. The molecule has 1 aliphatic carbocycles. The van der Waals surface area contributed by atoms with Gasteiger partial charge in [-0.1, -0.05) is 54.2 Å². The molecule has 0 heterocycles. The van der Waals surface area contributed by atoms with Crippen molar-refractivity contribution < 1.29 is 9.18 Å². The van der Waals surface area contributed by atoms with Gasteiger partial charge in [0.25, 0.3) is 0 Å². The van der Waals surface area contributed by atoms with Gasteiger partial charge in [0.05, 0.1) is 4.32 Å². The monoisotopic (exact) mass is 312 g/mol. The maximum atomic E-state index is 14.2. The van der Waals surface area contributed by atoms with Gasteiger partial charge in [0.2, 0.25) is 0 Å². The van der Waals surface area contributed by atoms with E-state index in [9.17, 15) is 9.18 Å². The third-order valence-electron chi connectivity index (χ3n) is 3.74. The Morgan fingerprint density at radius 3 is 2.56 bits per heavy atom. The van der Waals surface area contributed by atoms with Crippen LogP contribution in [0.4, 0.5) is 4.39 Å². The Labute approximate surface area is 116 Å². The molecule has 1 aliphatic rings. The van der Waals surface area contributed by atoms with E-state index in [-0.39, 0.29) is 15.9 Å². The molecule has 0 unspecified atom stereocenters. The zero-order valence-electron chi connectivity index (χ0n) is 10.6. The van der Waals surface area contributed by atoms with Gasteiger partial charge in [-0.3, -0.25) is 4.79 Å². The van der Waals surface area contributed by atoms with Crippen molar-refractivity contribution in [2.24, 2.45) is 0 Å². The van der Waals surface area contributed by atoms with Crippen LogP contribution in [0.3, 0.4) is 0 Å². The summed E-state index contributed by atoms with van der Waals surface area (Å²) >= 11 is 3.71. The number of rotatable bonds is 3. The van der Waals surface area contributed by atoms with E-state index in [1.807, 2.05) is 0 Å². The van der Waals surface area contributed by atoms with E-state index in [2.05, 4.69) is 15.9 Å². The summed E-state index contributed by atoms with van der Waals surface area (Å²) in [6, 6.07) is 4.92. The van der Waals surface area contributed by atoms with Crippen LogP contribution < -0.4 is 0 Å². The molecule has 0 radical (unpaired) electrons. The van der Waals surface area contributed by atoms with Gasteiger partial charge in [0, 0.05) is 17.5 Å². The maximum absolute atomic E-state index is 14.2. The van der Waals surface area contributed by atoms with E-state index in [0.29, 0.717) is 17.5 Å². The summed E-state index contributed by atoms with van der Waals surface area (Å²) in [5.74, 6) is -0.263. The maximum Gasteiger partial charge on any atom is 0.162 e. The zero-order chi connectivity index (χ0) is 13.2. The minimum Gasteiger partial charge on any atom is -0.294 e. The number of ketones is 1. The molecule has 1 aromatic carbocycles. The number of alkyl halides is 1. The van der Waals surface area contributed by atoms with Gasteiger partial charge in [-0.15, -0.1) is 0 Å². The molecule has 0 saturated heterocycles. The highest BCUT2D eigenvalue weighted by atomic mass is 79.9. The summed E-state index contributed by atoms with van der Waals surface area (Å²) in [6.45, 7) is 1.79. The SMILES string of the molecule is CCC(=O)c1ccc(C2(Br)CCCCC2)c(F)c1. The third kappa shape index (κ3) is 2.66. The fraction of sp³-hybridized carbons (Fsp3) is 0.533. The summed E-state index contributed by atoms with van der Waals surface area (Å²) < 4.78 is 14.0.